The highest BCUT2D eigenvalue weighted by Crippen LogP contribution is 2.26. The maximum Gasteiger partial charge on any atom is 0.282 e. The molecule has 0 fully saturated rings. The van der Waals surface area contributed by atoms with Gasteiger partial charge in [-0.25, -0.2) is 4.98 Å². The first kappa shape index (κ1) is 22.8. The van der Waals surface area contributed by atoms with Crippen LogP contribution in [0.3, 0.4) is 0 Å². The number of nitrogens with one attached hydrogen (secondary N) is 1. The molecule has 0 spiro atoms. The third-order valence-corrected chi connectivity index (χ3v) is 6.45. The second-order valence-electron chi connectivity index (χ2n) is 7.63. The van der Waals surface area contributed by atoms with Crippen molar-refractivity contribution in [2.75, 3.05) is 0 Å². The van der Waals surface area contributed by atoms with Crippen molar-refractivity contribution in [1.82, 2.24) is 24.9 Å². The van der Waals surface area contributed by atoms with E-state index in [9.17, 15) is 4.79 Å². The van der Waals surface area contributed by atoms with Gasteiger partial charge < -0.3 is 14.5 Å². The number of benzene rings is 2. The fraction of sp³-hybridized carbons (Fsp3) is 0.0769. The Kier molecular flexibility index (Phi) is 6.83. The fourth-order valence-corrected chi connectivity index (χ4v) is 4.29. The average Bonchev–Trinajstić information content (AvgIpc) is 3.55. The molecule has 7 nitrogen and oxygen atoms in total. The monoisotopic (exact) mass is 501 g/mol. The van der Waals surface area contributed by atoms with Crippen LogP contribution >= 0.6 is 22.9 Å². The molecule has 9 heteroatoms. The van der Waals surface area contributed by atoms with Crippen molar-refractivity contribution in [1.29, 1.82) is 0 Å². The minimum atomic E-state index is -0.283. The smallest absolute Gasteiger partial charge is 0.282 e. The van der Waals surface area contributed by atoms with Crippen LogP contribution in [-0.4, -0.2) is 25.5 Å². The van der Waals surface area contributed by atoms with Crippen LogP contribution in [0.4, 0.5) is 0 Å². The lowest BCUT2D eigenvalue weighted by Crippen LogP contribution is -2.22. The van der Waals surface area contributed by atoms with E-state index < -0.39 is 0 Å². The van der Waals surface area contributed by atoms with Crippen LogP contribution in [0.15, 0.2) is 85.2 Å². The number of nitrogens with zero attached hydrogens (tertiary/aromatic N) is 4. The zero-order chi connectivity index (χ0) is 24.0. The fourth-order valence-electron chi connectivity index (χ4n) is 3.35. The van der Waals surface area contributed by atoms with E-state index in [1.807, 2.05) is 89.6 Å². The summed E-state index contributed by atoms with van der Waals surface area (Å²) in [5, 5.41) is 12.0. The number of hydrogen-bond acceptors (Lipinski definition) is 6. The predicted octanol–water partition coefficient (Wildman–Crippen LogP) is 5.43. The lowest BCUT2D eigenvalue weighted by Gasteiger charge is -2.04. The topological polar surface area (TPSA) is 81.4 Å². The second kappa shape index (κ2) is 10.5. The number of rotatable bonds is 8. The summed E-state index contributed by atoms with van der Waals surface area (Å²) in [4.78, 5) is 16.9. The Labute approximate surface area is 210 Å². The molecule has 1 N–H and O–H groups in total. The number of ether oxygens (including phenoxy) is 1. The Hall–Kier alpha value is -4.01. The molecular weight excluding hydrogens is 482 g/mol. The van der Waals surface area contributed by atoms with Gasteiger partial charge in [0.05, 0.1) is 10.7 Å². The summed E-state index contributed by atoms with van der Waals surface area (Å²) >= 11 is 7.59. The molecule has 0 aliphatic rings. The number of aromatic nitrogens is 4. The van der Waals surface area contributed by atoms with Crippen LogP contribution in [0.5, 0.6) is 5.75 Å². The summed E-state index contributed by atoms with van der Waals surface area (Å²) in [6.07, 6.45) is 5.68. The quantitative estimate of drug-likeness (QED) is 0.306. The maximum atomic E-state index is 12.4. The Morgan fingerprint density at radius 2 is 1.77 bits per heavy atom. The van der Waals surface area contributed by atoms with Crippen LogP contribution in [-0.2, 0) is 13.2 Å². The van der Waals surface area contributed by atoms with Gasteiger partial charge in [-0.2, -0.15) is 0 Å². The molecule has 2 aromatic carbocycles. The molecule has 1 amide bonds. The SMILES string of the molecule is O=C(NCc1ccccc1)c1nnc(/C(Cl)=C\c2ccc(OCc3cn4ccccc4n3)cc2)s1. The lowest BCUT2D eigenvalue weighted by atomic mass is 10.2. The highest BCUT2D eigenvalue weighted by atomic mass is 35.5. The highest BCUT2D eigenvalue weighted by Gasteiger charge is 2.14. The number of pyridine rings is 1. The zero-order valence-electron chi connectivity index (χ0n) is 18.5. The number of carbonyl (C=O) groups excluding carboxylic acids is 1. The first-order valence-corrected chi connectivity index (χ1v) is 12.0. The molecule has 0 atom stereocenters. The lowest BCUT2D eigenvalue weighted by molar-refractivity contribution is 0.0950. The summed E-state index contributed by atoms with van der Waals surface area (Å²) in [6, 6.07) is 23.1. The Balaban J connectivity index is 1.18. The maximum absolute atomic E-state index is 12.4. The van der Waals surface area contributed by atoms with Gasteiger partial charge in [0.15, 0.2) is 5.01 Å². The molecule has 174 valence electrons. The number of hydrogen-bond donors (Lipinski definition) is 1. The minimum Gasteiger partial charge on any atom is -0.487 e. The Morgan fingerprint density at radius 3 is 2.57 bits per heavy atom. The van der Waals surface area contributed by atoms with Gasteiger partial charge in [-0.05, 0) is 41.5 Å². The molecule has 0 radical (unpaired) electrons. The molecule has 0 aliphatic heterocycles. The van der Waals surface area contributed by atoms with E-state index in [2.05, 4.69) is 20.5 Å². The number of carbonyl (C=O) groups is 1. The zero-order valence-corrected chi connectivity index (χ0v) is 20.0. The largest absolute Gasteiger partial charge is 0.487 e. The van der Waals surface area contributed by atoms with Crippen molar-refractivity contribution in [2.45, 2.75) is 13.2 Å². The van der Waals surface area contributed by atoms with Gasteiger partial charge in [0.2, 0.25) is 5.01 Å². The van der Waals surface area contributed by atoms with Gasteiger partial charge in [0.25, 0.3) is 5.91 Å². The van der Waals surface area contributed by atoms with Gasteiger partial charge in [-0.1, -0.05) is 71.5 Å². The molecule has 0 saturated heterocycles. The van der Waals surface area contributed by atoms with Crippen LogP contribution in [0, 0.1) is 0 Å². The Bertz CT molecular complexity index is 1450. The molecule has 0 aliphatic carbocycles. The third kappa shape index (κ3) is 5.74. The van der Waals surface area contributed by atoms with E-state index in [-0.39, 0.29) is 10.9 Å². The van der Waals surface area contributed by atoms with Gasteiger partial charge >= 0.3 is 0 Å². The predicted molar refractivity (Wildman–Crippen MR) is 137 cm³/mol. The molecule has 0 saturated carbocycles. The van der Waals surface area contributed by atoms with E-state index in [1.165, 1.54) is 0 Å². The first-order chi connectivity index (χ1) is 17.1. The summed E-state index contributed by atoms with van der Waals surface area (Å²) < 4.78 is 7.82. The van der Waals surface area contributed by atoms with Crippen LogP contribution in [0.1, 0.15) is 31.6 Å². The third-order valence-electron chi connectivity index (χ3n) is 5.09. The van der Waals surface area contributed by atoms with Gasteiger partial charge in [0, 0.05) is 18.9 Å². The molecule has 3 aromatic heterocycles. The second-order valence-corrected chi connectivity index (χ2v) is 9.01. The summed E-state index contributed by atoms with van der Waals surface area (Å²) in [6.45, 7) is 0.793. The Morgan fingerprint density at radius 1 is 1.00 bits per heavy atom. The first-order valence-electron chi connectivity index (χ1n) is 10.8. The van der Waals surface area contributed by atoms with E-state index in [1.54, 1.807) is 6.08 Å². The summed E-state index contributed by atoms with van der Waals surface area (Å²) in [5.41, 5.74) is 3.62. The molecule has 5 rings (SSSR count). The van der Waals surface area contributed by atoms with E-state index >= 15 is 0 Å². The number of amides is 1. The van der Waals surface area contributed by atoms with Crippen molar-refractivity contribution in [2.24, 2.45) is 0 Å². The standard InChI is InChI=1S/C26H20ClN5O2S/c27-22(25-30-31-26(35-25)24(33)28-15-19-6-2-1-3-7-19)14-18-9-11-21(12-10-18)34-17-20-16-32-13-5-4-8-23(32)29-20/h1-14,16H,15,17H2,(H,28,33)/b22-14+. The van der Waals surface area contributed by atoms with Gasteiger partial charge in [-0.15, -0.1) is 10.2 Å². The summed E-state index contributed by atoms with van der Waals surface area (Å²) in [7, 11) is 0. The van der Waals surface area contributed by atoms with Crippen molar-refractivity contribution in [3.05, 3.63) is 112 Å². The highest BCUT2D eigenvalue weighted by molar-refractivity contribution is 7.15. The van der Waals surface area contributed by atoms with Crippen molar-refractivity contribution >= 4 is 45.6 Å². The molecule has 0 bridgehead atoms. The number of fused-ring (bicyclic) bond motifs is 1. The van der Waals surface area contributed by atoms with E-state index in [4.69, 9.17) is 16.3 Å². The molecular formula is C26H20ClN5O2S. The van der Waals surface area contributed by atoms with E-state index in [0.717, 1.165) is 39.6 Å². The van der Waals surface area contributed by atoms with Crippen molar-refractivity contribution in [3.63, 3.8) is 0 Å². The van der Waals surface area contributed by atoms with Crippen molar-refractivity contribution < 1.29 is 9.53 Å². The molecule has 35 heavy (non-hydrogen) atoms. The number of halogens is 1. The van der Waals surface area contributed by atoms with Gasteiger partial charge in [-0.3, -0.25) is 4.79 Å². The van der Waals surface area contributed by atoms with Crippen LogP contribution < -0.4 is 10.1 Å². The normalized spacial score (nSPS) is 11.5. The minimum absolute atomic E-state index is 0.262. The van der Waals surface area contributed by atoms with E-state index in [0.29, 0.717) is 23.2 Å². The number of imidazole rings is 1. The molecule has 0 unspecified atom stereocenters. The van der Waals surface area contributed by atoms with Crippen molar-refractivity contribution in [3.8, 4) is 5.75 Å². The van der Waals surface area contributed by atoms with Crippen LogP contribution in [0.2, 0.25) is 0 Å². The van der Waals surface area contributed by atoms with Crippen LogP contribution in [0.25, 0.3) is 16.8 Å². The average molecular weight is 502 g/mol. The van der Waals surface area contributed by atoms with Gasteiger partial charge in [0.1, 0.15) is 18.0 Å². The molecule has 5 aromatic rings. The molecule has 3 heterocycles. The summed E-state index contributed by atoms with van der Waals surface area (Å²) in [5.74, 6) is 0.442.